The van der Waals surface area contributed by atoms with Gasteiger partial charge in [-0.15, -0.1) is 5.10 Å². The minimum absolute atomic E-state index is 0.153. The molecule has 1 atom stereocenters. The van der Waals surface area contributed by atoms with Gasteiger partial charge in [0.25, 0.3) is 5.91 Å². The molecular formula is C13H14ClN3OS. The van der Waals surface area contributed by atoms with Crippen molar-refractivity contribution >= 4 is 29.0 Å². The zero-order valence-electron chi connectivity index (χ0n) is 10.7. The molecule has 4 nitrogen and oxygen atoms in total. The minimum atomic E-state index is -0.159. The van der Waals surface area contributed by atoms with Gasteiger partial charge in [-0.3, -0.25) is 4.79 Å². The lowest BCUT2D eigenvalue weighted by Crippen LogP contribution is -2.26. The molecule has 1 amide bonds. The molecule has 0 saturated carbocycles. The highest BCUT2D eigenvalue weighted by Gasteiger charge is 2.18. The number of nitrogens with zero attached hydrogens (tertiary/aromatic N) is 2. The number of amides is 1. The molecule has 0 aliphatic carbocycles. The summed E-state index contributed by atoms with van der Waals surface area (Å²) in [6.07, 6.45) is 0.694. The van der Waals surface area contributed by atoms with E-state index >= 15 is 0 Å². The molecule has 100 valence electrons. The molecular weight excluding hydrogens is 282 g/mol. The molecule has 0 aliphatic rings. The molecule has 1 heterocycles. The molecule has 6 heteroatoms. The van der Waals surface area contributed by atoms with Crippen LogP contribution in [0.1, 0.15) is 40.8 Å². The molecule has 0 aliphatic heterocycles. The van der Waals surface area contributed by atoms with Gasteiger partial charge in [0.05, 0.1) is 11.7 Å². The zero-order chi connectivity index (χ0) is 13.8. The number of hydrogen-bond acceptors (Lipinski definition) is 4. The van der Waals surface area contributed by atoms with Crippen LogP contribution in [0.5, 0.6) is 0 Å². The van der Waals surface area contributed by atoms with E-state index in [1.54, 1.807) is 0 Å². The molecule has 0 radical (unpaired) electrons. The Bertz CT molecular complexity index is 585. The van der Waals surface area contributed by atoms with Gasteiger partial charge in [-0.2, -0.15) is 0 Å². The maximum atomic E-state index is 12.2. The van der Waals surface area contributed by atoms with Crippen LogP contribution in [-0.4, -0.2) is 15.5 Å². The van der Waals surface area contributed by atoms with Crippen LogP contribution >= 0.6 is 23.1 Å². The van der Waals surface area contributed by atoms with E-state index < -0.39 is 0 Å². The smallest absolute Gasteiger partial charge is 0.265 e. The Morgan fingerprint density at radius 1 is 1.47 bits per heavy atom. The standard InChI is InChI=1S/C13H14ClN3OS/c1-3-11-12(19-17-16-11)13(18)15-8(2)9-6-4-5-7-10(9)14/h4-8H,3H2,1-2H3,(H,15,18)/t8-/m1/s1. The second-order valence-electron chi connectivity index (χ2n) is 4.12. The number of benzene rings is 1. The van der Waals surface area contributed by atoms with Crippen molar-refractivity contribution in [2.24, 2.45) is 0 Å². The maximum Gasteiger partial charge on any atom is 0.265 e. The number of aryl methyl sites for hydroxylation is 1. The molecule has 1 aromatic heterocycles. The van der Waals surface area contributed by atoms with Crippen molar-refractivity contribution in [2.45, 2.75) is 26.3 Å². The lowest BCUT2D eigenvalue weighted by Gasteiger charge is -2.15. The number of rotatable bonds is 4. The molecule has 2 rings (SSSR count). The van der Waals surface area contributed by atoms with Crippen molar-refractivity contribution < 1.29 is 4.79 Å². The number of carbonyl (C=O) groups excluding carboxylic acids is 1. The second-order valence-corrected chi connectivity index (χ2v) is 5.28. The van der Waals surface area contributed by atoms with E-state index in [9.17, 15) is 4.79 Å². The SMILES string of the molecule is CCc1nnsc1C(=O)N[C@H](C)c1ccccc1Cl. The predicted octanol–water partition coefficient (Wildman–Crippen LogP) is 3.24. The molecule has 0 saturated heterocycles. The van der Waals surface area contributed by atoms with Gasteiger partial charge in [-0.25, -0.2) is 0 Å². The van der Waals surface area contributed by atoms with Gasteiger partial charge in [-0.05, 0) is 36.5 Å². The van der Waals surface area contributed by atoms with E-state index in [4.69, 9.17) is 11.6 Å². The van der Waals surface area contributed by atoms with Crippen LogP contribution in [-0.2, 0) is 6.42 Å². The Labute approximate surface area is 121 Å². The summed E-state index contributed by atoms with van der Waals surface area (Å²) in [5.74, 6) is -0.153. The normalized spacial score (nSPS) is 12.2. The van der Waals surface area contributed by atoms with Crippen molar-refractivity contribution in [3.63, 3.8) is 0 Å². The zero-order valence-corrected chi connectivity index (χ0v) is 12.3. The maximum absolute atomic E-state index is 12.2. The van der Waals surface area contributed by atoms with E-state index in [0.29, 0.717) is 16.3 Å². The summed E-state index contributed by atoms with van der Waals surface area (Å²) in [5, 5.41) is 7.50. The molecule has 2 aromatic rings. The van der Waals surface area contributed by atoms with Crippen LogP contribution in [0.4, 0.5) is 0 Å². The Balaban J connectivity index is 2.13. The van der Waals surface area contributed by atoms with Gasteiger partial charge >= 0.3 is 0 Å². The van der Waals surface area contributed by atoms with Crippen molar-refractivity contribution in [1.82, 2.24) is 14.9 Å². The van der Waals surface area contributed by atoms with Gasteiger partial charge in [0.15, 0.2) is 0 Å². The predicted molar refractivity (Wildman–Crippen MR) is 76.6 cm³/mol. The highest BCUT2D eigenvalue weighted by atomic mass is 35.5. The highest BCUT2D eigenvalue weighted by Crippen LogP contribution is 2.23. The Morgan fingerprint density at radius 2 is 2.21 bits per heavy atom. The Hall–Kier alpha value is -1.46. The first kappa shape index (κ1) is 14.0. The summed E-state index contributed by atoms with van der Waals surface area (Å²) in [5.41, 5.74) is 1.63. The first-order chi connectivity index (χ1) is 9.13. The van der Waals surface area contributed by atoms with E-state index in [-0.39, 0.29) is 11.9 Å². The van der Waals surface area contributed by atoms with Crippen LogP contribution in [0.25, 0.3) is 0 Å². The van der Waals surface area contributed by atoms with E-state index in [1.165, 1.54) is 0 Å². The largest absolute Gasteiger partial charge is 0.345 e. The summed E-state index contributed by atoms with van der Waals surface area (Å²) in [7, 11) is 0. The van der Waals surface area contributed by atoms with Gasteiger partial charge in [-0.1, -0.05) is 41.2 Å². The van der Waals surface area contributed by atoms with Crippen LogP contribution in [0.2, 0.25) is 5.02 Å². The van der Waals surface area contributed by atoms with Crippen molar-refractivity contribution in [3.05, 3.63) is 45.4 Å². The summed E-state index contributed by atoms with van der Waals surface area (Å²) in [6.45, 7) is 3.85. The third kappa shape index (κ3) is 3.11. The van der Waals surface area contributed by atoms with Crippen molar-refractivity contribution in [3.8, 4) is 0 Å². The summed E-state index contributed by atoms with van der Waals surface area (Å²) < 4.78 is 3.82. The summed E-state index contributed by atoms with van der Waals surface area (Å²) in [4.78, 5) is 12.7. The van der Waals surface area contributed by atoms with E-state index in [1.807, 2.05) is 38.1 Å². The van der Waals surface area contributed by atoms with Gasteiger partial charge in [0.1, 0.15) is 4.88 Å². The van der Waals surface area contributed by atoms with Crippen LogP contribution < -0.4 is 5.32 Å². The molecule has 0 bridgehead atoms. The van der Waals surface area contributed by atoms with Gasteiger partial charge in [0.2, 0.25) is 0 Å². The molecule has 1 aromatic carbocycles. The fourth-order valence-electron chi connectivity index (χ4n) is 1.78. The van der Waals surface area contributed by atoms with E-state index in [2.05, 4.69) is 14.9 Å². The van der Waals surface area contributed by atoms with Crippen LogP contribution in [0.15, 0.2) is 24.3 Å². The number of hydrogen-bond donors (Lipinski definition) is 1. The fraction of sp³-hybridized carbons (Fsp3) is 0.308. The first-order valence-corrected chi connectivity index (χ1v) is 7.15. The lowest BCUT2D eigenvalue weighted by molar-refractivity contribution is 0.0943. The summed E-state index contributed by atoms with van der Waals surface area (Å²) >= 11 is 7.23. The monoisotopic (exact) mass is 295 g/mol. The number of halogens is 1. The van der Waals surface area contributed by atoms with Gasteiger partial charge < -0.3 is 5.32 Å². The fourth-order valence-corrected chi connectivity index (χ4v) is 2.73. The number of aromatic nitrogens is 2. The van der Waals surface area contributed by atoms with Crippen LogP contribution in [0, 0.1) is 0 Å². The quantitative estimate of drug-likeness (QED) is 0.942. The average Bonchev–Trinajstić information content (AvgIpc) is 2.87. The topological polar surface area (TPSA) is 54.9 Å². The molecule has 1 N–H and O–H groups in total. The molecule has 19 heavy (non-hydrogen) atoms. The third-order valence-corrected chi connectivity index (χ3v) is 3.93. The Kier molecular flexibility index (Phi) is 4.50. The Morgan fingerprint density at radius 3 is 2.89 bits per heavy atom. The number of nitrogens with one attached hydrogen (secondary N) is 1. The third-order valence-electron chi connectivity index (χ3n) is 2.82. The molecule has 0 fully saturated rings. The number of carbonyl (C=O) groups is 1. The second kappa shape index (κ2) is 6.12. The minimum Gasteiger partial charge on any atom is -0.345 e. The van der Waals surface area contributed by atoms with E-state index in [0.717, 1.165) is 22.8 Å². The van der Waals surface area contributed by atoms with Crippen molar-refractivity contribution in [1.29, 1.82) is 0 Å². The first-order valence-electron chi connectivity index (χ1n) is 6.00. The summed E-state index contributed by atoms with van der Waals surface area (Å²) in [6, 6.07) is 7.32. The van der Waals surface area contributed by atoms with Crippen LogP contribution in [0.3, 0.4) is 0 Å². The van der Waals surface area contributed by atoms with Gasteiger partial charge in [0, 0.05) is 5.02 Å². The van der Waals surface area contributed by atoms with Crippen molar-refractivity contribution in [2.75, 3.05) is 0 Å². The molecule has 0 spiro atoms. The lowest BCUT2D eigenvalue weighted by atomic mass is 10.1. The molecule has 0 unspecified atom stereocenters. The highest BCUT2D eigenvalue weighted by molar-refractivity contribution is 7.08. The average molecular weight is 296 g/mol.